The van der Waals surface area contributed by atoms with Gasteiger partial charge in [-0.25, -0.2) is 4.98 Å². The van der Waals surface area contributed by atoms with Crippen LogP contribution in [-0.2, 0) is 0 Å². The van der Waals surface area contributed by atoms with Gasteiger partial charge in [-0.05, 0) is 33.0 Å². The Labute approximate surface area is 84.7 Å². The Morgan fingerprint density at radius 2 is 2.21 bits per heavy atom. The number of piperidine rings is 1. The zero-order chi connectivity index (χ0) is 9.97. The second-order valence-electron chi connectivity index (χ2n) is 4.01. The van der Waals surface area contributed by atoms with E-state index in [0.717, 1.165) is 5.95 Å². The van der Waals surface area contributed by atoms with Crippen LogP contribution in [0.15, 0.2) is 6.20 Å². The fraction of sp³-hybridized carbons (Fsp3) is 0.700. The van der Waals surface area contributed by atoms with Gasteiger partial charge in [0.05, 0.1) is 6.20 Å². The topological polar surface area (TPSA) is 44.0 Å². The van der Waals surface area contributed by atoms with Gasteiger partial charge >= 0.3 is 0 Å². The molecule has 4 nitrogen and oxygen atoms in total. The van der Waals surface area contributed by atoms with Crippen LogP contribution in [0.5, 0.6) is 0 Å². The summed E-state index contributed by atoms with van der Waals surface area (Å²) in [4.78, 5) is 9.94. The summed E-state index contributed by atoms with van der Waals surface area (Å²) in [7, 11) is 4.07. The minimum atomic E-state index is 0.667. The first-order chi connectivity index (χ1) is 6.79. The molecule has 0 bridgehead atoms. The molecule has 1 aliphatic rings. The van der Waals surface area contributed by atoms with E-state index in [1.807, 2.05) is 13.2 Å². The van der Waals surface area contributed by atoms with Crippen LogP contribution in [-0.4, -0.2) is 42.1 Å². The number of anilines is 1. The van der Waals surface area contributed by atoms with Crippen molar-refractivity contribution in [1.82, 2.24) is 14.9 Å². The Morgan fingerprint density at radius 1 is 1.50 bits per heavy atom. The molecule has 0 aromatic carbocycles. The molecule has 0 atom stereocenters. The first kappa shape index (κ1) is 9.52. The van der Waals surface area contributed by atoms with Crippen molar-refractivity contribution in [2.24, 2.45) is 0 Å². The number of H-pyrrole nitrogens is 1. The monoisotopic (exact) mass is 194 g/mol. The Morgan fingerprint density at radius 3 is 2.79 bits per heavy atom. The summed E-state index contributed by atoms with van der Waals surface area (Å²) in [6, 6.07) is 0. The molecule has 2 rings (SSSR count). The van der Waals surface area contributed by atoms with Crippen molar-refractivity contribution >= 4 is 5.95 Å². The standard InChI is InChI=1S/C10H18N4/c1-11-10-12-7-9(13-10)8-3-5-14(2)6-4-8/h7-8H,3-6H2,1-2H3,(H2,11,12,13). The van der Waals surface area contributed by atoms with Gasteiger partial charge in [0.2, 0.25) is 0 Å². The molecule has 1 fully saturated rings. The number of hydrogen-bond donors (Lipinski definition) is 2. The SMILES string of the molecule is CNc1ncc(C2CCN(C)CC2)[nH]1. The number of aromatic amines is 1. The smallest absolute Gasteiger partial charge is 0.200 e. The van der Waals surface area contributed by atoms with Gasteiger partial charge in [-0.2, -0.15) is 0 Å². The van der Waals surface area contributed by atoms with E-state index in [1.54, 1.807) is 0 Å². The van der Waals surface area contributed by atoms with E-state index >= 15 is 0 Å². The first-order valence-corrected chi connectivity index (χ1v) is 5.21. The molecular formula is C10H18N4. The molecule has 0 saturated carbocycles. The number of imidazole rings is 1. The summed E-state index contributed by atoms with van der Waals surface area (Å²) in [5, 5.41) is 3.02. The lowest BCUT2D eigenvalue weighted by Gasteiger charge is -2.28. The Kier molecular flexibility index (Phi) is 2.72. The predicted octanol–water partition coefficient (Wildman–Crippen LogP) is 1.26. The average molecular weight is 194 g/mol. The largest absolute Gasteiger partial charge is 0.359 e. The van der Waals surface area contributed by atoms with Gasteiger partial charge in [-0.15, -0.1) is 0 Å². The predicted molar refractivity (Wildman–Crippen MR) is 57.6 cm³/mol. The van der Waals surface area contributed by atoms with Crippen LogP contribution >= 0.6 is 0 Å². The van der Waals surface area contributed by atoms with Crippen molar-refractivity contribution in [2.45, 2.75) is 18.8 Å². The van der Waals surface area contributed by atoms with Gasteiger partial charge < -0.3 is 15.2 Å². The highest BCUT2D eigenvalue weighted by molar-refractivity contribution is 5.26. The molecule has 1 aliphatic heterocycles. The first-order valence-electron chi connectivity index (χ1n) is 5.21. The van der Waals surface area contributed by atoms with Crippen LogP contribution < -0.4 is 5.32 Å². The quantitative estimate of drug-likeness (QED) is 0.745. The van der Waals surface area contributed by atoms with Gasteiger partial charge in [0.1, 0.15) is 0 Å². The second kappa shape index (κ2) is 4.00. The minimum Gasteiger partial charge on any atom is -0.359 e. The lowest BCUT2D eigenvalue weighted by Crippen LogP contribution is -2.29. The van der Waals surface area contributed by atoms with Gasteiger partial charge in [0, 0.05) is 18.7 Å². The van der Waals surface area contributed by atoms with Gasteiger partial charge in [-0.3, -0.25) is 0 Å². The molecular weight excluding hydrogens is 176 g/mol. The lowest BCUT2D eigenvalue weighted by atomic mass is 9.94. The highest BCUT2D eigenvalue weighted by Gasteiger charge is 2.19. The normalized spacial score (nSPS) is 19.9. The summed E-state index contributed by atoms with van der Waals surface area (Å²) in [6.07, 6.45) is 4.44. The van der Waals surface area contributed by atoms with E-state index in [1.165, 1.54) is 31.6 Å². The van der Waals surface area contributed by atoms with Crippen molar-refractivity contribution < 1.29 is 0 Å². The Balaban J connectivity index is 2.01. The fourth-order valence-corrected chi connectivity index (χ4v) is 1.99. The molecule has 0 spiro atoms. The van der Waals surface area contributed by atoms with E-state index < -0.39 is 0 Å². The maximum absolute atomic E-state index is 4.25. The van der Waals surface area contributed by atoms with Crippen molar-refractivity contribution in [2.75, 3.05) is 32.5 Å². The summed E-state index contributed by atoms with van der Waals surface area (Å²) < 4.78 is 0. The highest BCUT2D eigenvalue weighted by Crippen LogP contribution is 2.26. The van der Waals surface area contributed by atoms with Crippen LogP contribution in [0.4, 0.5) is 5.95 Å². The Hall–Kier alpha value is -1.03. The average Bonchev–Trinajstić information content (AvgIpc) is 2.67. The lowest BCUT2D eigenvalue weighted by molar-refractivity contribution is 0.253. The van der Waals surface area contributed by atoms with Crippen LogP contribution in [0.3, 0.4) is 0 Å². The third-order valence-electron chi connectivity index (χ3n) is 2.99. The van der Waals surface area contributed by atoms with E-state index in [9.17, 15) is 0 Å². The third kappa shape index (κ3) is 1.90. The summed E-state index contributed by atoms with van der Waals surface area (Å²) in [5.74, 6) is 1.54. The van der Waals surface area contributed by atoms with Crippen LogP contribution in [0.1, 0.15) is 24.5 Å². The van der Waals surface area contributed by atoms with E-state index in [0.29, 0.717) is 5.92 Å². The zero-order valence-electron chi connectivity index (χ0n) is 8.88. The number of nitrogens with zero attached hydrogens (tertiary/aromatic N) is 2. The number of aromatic nitrogens is 2. The van der Waals surface area contributed by atoms with Crippen molar-refractivity contribution in [3.05, 3.63) is 11.9 Å². The van der Waals surface area contributed by atoms with E-state index in [4.69, 9.17) is 0 Å². The number of rotatable bonds is 2. The number of nitrogens with one attached hydrogen (secondary N) is 2. The summed E-state index contributed by atoms with van der Waals surface area (Å²) in [6.45, 7) is 2.39. The maximum atomic E-state index is 4.25. The molecule has 2 N–H and O–H groups in total. The van der Waals surface area contributed by atoms with Crippen LogP contribution in [0.25, 0.3) is 0 Å². The molecule has 0 unspecified atom stereocenters. The molecule has 0 amide bonds. The minimum absolute atomic E-state index is 0.667. The van der Waals surface area contributed by atoms with Crippen LogP contribution in [0, 0.1) is 0 Å². The molecule has 78 valence electrons. The molecule has 1 aromatic heterocycles. The van der Waals surface area contributed by atoms with Crippen LogP contribution in [0.2, 0.25) is 0 Å². The van der Waals surface area contributed by atoms with E-state index in [2.05, 4.69) is 27.2 Å². The van der Waals surface area contributed by atoms with Crippen molar-refractivity contribution in [3.63, 3.8) is 0 Å². The van der Waals surface area contributed by atoms with Gasteiger partial charge in [0.25, 0.3) is 0 Å². The molecule has 1 saturated heterocycles. The highest BCUT2D eigenvalue weighted by atomic mass is 15.1. The molecule has 0 aliphatic carbocycles. The Bertz CT molecular complexity index is 286. The third-order valence-corrected chi connectivity index (χ3v) is 2.99. The van der Waals surface area contributed by atoms with Gasteiger partial charge in [0.15, 0.2) is 5.95 Å². The summed E-state index contributed by atoms with van der Waals surface area (Å²) in [5.41, 5.74) is 1.28. The van der Waals surface area contributed by atoms with Gasteiger partial charge in [-0.1, -0.05) is 0 Å². The molecule has 1 aromatic rings. The molecule has 4 heteroatoms. The molecule has 2 heterocycles. The fourth-order valence-electron chi connectivity index (χ4n) is 1.99. The van der Waals surface area contributed by atoms with Crippen molar-refractivity contribution in [1.29, 1.82) is 0 Å². The zero-order valence-corrected chi connectivity index (χ0v) is 8.88. The number of hydrogen-bond acceptors (Lipinski definition) is 3. The summed E-state index contributed by atoms with van der Waals surface area (Å²) >= 11 is 0. The van der Waals surface area contributed by atoms with E-state index in [-0.39, 0.29) is 0 Å². The molecule has 14 heavy (non-hydrogen) atoms. The molecule has 0 radical (unpaired) electrons. The maximum Gasteiger partial charge on any atom is 0.200 e. The second-order valence-corrected chi connectivity index (χ2v) is 4.01. The van der Waals surface area contributed by atoms with Crippen molar-refractivity contribution in [3.8, 4) is 0 Å². The number of likely N-dealkylation sites (tertiary alicyclic amines) is 1.